The fourth-order valence-corrected chi connectivity index (χ4v) is 2.57. The van der Waals surface area contributed by atoms with E-state index >= 15 is 0 Å². The maximum absolute atomic E-state index is 11.0. The monoisotopic (exact) mass is 217 g/mol. The molecule has 1 fully saturated rings. The van der Waals surface area contributed by atoms with Crippen molar-refractivity contribution in [1.29, 1.82) is 0 Å². The minimum Gasteiger partial charge on any atom is -0.347 e. The molecule has 2 nitrogen and oxygen atoms in total. The Kier molecular flexibility index (Phi) is 3.60. The van der Waals surface area contributed by atoms with Gasteiger partial charge in [-0.2, -0.15) is 0 Å². The highest BCUT2D eigenvalue weighted by Gasteiger charge is 2.18. The third-order valence-electron chi connectivity index (χ3n) is 3.53. The van der Waals surface area contributed by atoms with Crippen molar-refractivity contribution in [3.05, 3.63) is 47.4 Å². The van der Waals surface area contributed by atoms with E-state index in [4.69, 9.17) is 0 Å². The second kappa shape index (κ2) is 5.15. The van der Waals surface area contributed by atoms with E-state index in [0.717, 1.165) is 12.3 Å². The maximum Gasteiger partial charge on any atom is 0.181 e. The van der Waals surface area contributed by atoms with Gasteiger partial charge in [-0.15, -0.1) is 6.58 Å². The molecule has 1 heterocycles. The number of hydrogen-bond donors (Lipinski definition) is 0. The molecule has 1 saturated carbocycles. The van der Waals surface area contributed by atoms with Gasteiger partial charge in [0.2, 0.25) is 0 Å². The Morgan fingerprint density at radius 1 is 1.38 bits per heavy atom. The van der Waals surface area contributed by atoms with Gasteiger partial charge in [-0.1, -0.05) is 31.8 Å². The van der Waals surface area contributed by atoms with Crippen LogP contribution in [0.25, 0.3) is 0 Å². The number of rotatable bonds is 4. The van der Waals surface area contributed by atoms with Crippen molar-refractivity contribution >= 4 is 0 Å². The van der Waals surface area contributed by atoms with Crippen LogP contribution in [0.15, 0.2) is 42.0 Å². The highest BCUT2D eigenvalue weighted by atomic mass is 16.1. The van der Waals surface area contributed by atoms with Crippen molar-refractivity contribution in [2.75, 3.05) is 0 Å². The zero-order valence-corrected chi connectivity index (χ0v) is 9.64. The first kappa shape index (κ1) is 11.2. The summed E-state index contributed by atoms with van der Waals surface area (Å²) < 4.78 is 2.09. The minimum atomic E-state index is 0.0694. The lowest BCUT2D eigenvalue weighted by Gasteiger charge is -2.20. The summed E-state index contributed by atoms with van der Waals surface area (Å²) in [7, 11) is 0. The average molecular weight is 217 g/mol. The minimum absolute atomic E-state index is 0.0694. The predicted octanol–water partition coefficient (Wildman–Crippen LogP) is 3.16. The molecule has 0 N–H and O–H groups in total. The molecule has 86 valence electrons. The number of allylic oxidation sites excluding steroid dienone is 1. The van der Waals surface area contributed by atoms with E-state index < -0.39 is 0 Å². The fourth-order valence-electron chi connectivity index (χ4n) is 2.57. The molecule has 0 spiro atoms. The van der Waals surface area contributed by atoms with Crippen molar-refractivity contribution in [1.82, 2.24) is 4.57 Å². The van der Waals surface area contributed by atoms with E-state index in [2.05, 4.69) is 11.1 Å². The van der Waals surface area contributed by atoms with Crippen LogP contribution in [0.4, 0.5) is 0 Å². The van der Waals surface area contributed by atoms with E-state index in [1.165, 1.54) is 25.7 Å². The second-order valence-electron chi connectivity index (χ2n) is 4.67. The second-order valence-corrected chi connectivity index (χ2v) is 4.67. The Morgan fingerprint density at radius 2 is 2.00 bits per heavy atom. The number of nitrogens with zero attached hydrogens (tertiary/aromatic N) is 1. The Morgan fingerprint density at radius 3 is 2.56 bits per heavy atom. The van der Waals surface area contributed by atoms with Crippen molar-refractivity contribution < 1.29 is 0 Å². The molecule has 2 rings (SSSR count). The van der Waals surface area contributed by atoms with Crippen LogP contribution in [-0.4, -0.2) is 4.57 Å². The molecule has 1 unspecified atom stereocenters. The Labute approximate surface area is 96.6 Å². The standard InChI is InChI=1S/C14H19NO/c1-2-13(11-12-5-3-4-6-12)15-9-7-14(16)8-10-15/h2,7-10,12-13H,1,3-6,11H2. The third-order valence-corrected chi connectivity index (χ3v) is 3.53. The van der Waals surface area contributed by atoms with Crippen molar-refractivity contribution in [2.45, 2.75) is 38.1 Å². The van der Waals surface area contributed by atoms with Gasteiger partial charge in [0.15, 0.2) is 5.43 Å². The lowest BCUT2D eigenvalue weighted by Crippen LogP contribution is -2.12. The molecule has 0 aromatic carbocycles. The average Bonchev–Trinajstić information content (AvgIpc) is 2.80. The SMILES string of the molecule is C=CC(CC1CCCC1)n1ccc(=O)cc1. The zero-order chi connectivity index (χ0) is 11.4. The van der Waals surface area contributed by atoms with Crippen LogP contribution in [0.3, 0.4) is 0 Å². The summed E-state index contributed by atoms with van der Waals surface area (Å²) in [6, 6.07) is 3.57. The summed E-state index contributed by atoms with van der Waals surface area (Å²) in [4.78, 5) is 11.0. The van der Waals surface area contributed by atoms with Gasteiger partial charge >= 0.3 is 0 Å². The molecular formula is C14H19NO. The smallest absolute Gasteiger partial charge is 0.181 e. The van der Waals surface area contributed by atoms with E-state index in [1.54, 1.807) is 12.1 Å². The molecule has 2 heteroatoms. The molecule has 0 aliphatic heterocycles. The van der Waals surface area contributed by atoms with Crippen LogP contribution < -0.4 is 5.43 Å². The molecule has 1 atom stereocenters. The van der Waals surface area contributed by atoms with Crippen molar-refractivity contribution in [3.63, 3.8) is 0 Å². The number of aromatic nitrogens is 1. The van der Waals surface area contributed by atoms with E-state index in [1.807, 2.05) is 18.5 Å². The topological polar surface area (TPSA) is 22.0 Å². The lowest BCUT2D eigenvalue weighted by molar-refractivity contribution is 0.417. The van der Waals surface area contributed by atoms with E-state index in [0.29, 0.717) is 6.04 Å². The third kappa shape index (κ3) is 2.63. The van der Waals surface area contributed by atoms with Gasteiger partial charge in [0.05, 0.1) is 6.04 Å². The molecule has 1 aromatic rings. The van der Waals surface area contributed by atoms with Crippen molar-refractivity contribution in [2.24, 2.45) is 5.92 Å². The van der Waals surface area contributed by atoms with E-state index in [9.17, 15) is 4.79 Å². The van der Waals surface area contributed by atoms with Crippen LogP contribution in [0, 0.1) is 5.92 Å². The first-order chi connectivity index (χ1) is 7.79. The van der Waals surface area contributed by atoms with Crippen LogP contribution in [0.1, 0.15) is 38.1 Å². The van der Waals surface area contributed by atoms with Crippen LogP contribution in [0.5, 0.6) is 0 Å². The van der Waals surface area contributed by atoms with Gasteiger partial charge in [-0.05, 0) is 12.3 Å². The largest absolute Gasteiger partial charge is 0.347 e. The molecule has 0 radical (unpaired) electrons. The fraction of sp³-hybridized carbons (Fsp3) is 0.500. The molecule has 1 aliphatic rings. The summed E-state index contributed by atoms with van der Waals surface area (Å²) in [5.74, 6) is 0.836. The molecule has 0 bridgehead atoms. The molecule has 0 amide bonds. The number of hydrogen-bond acceptors (Lipinski definition) is 1. The Hall–Kier alpha value is -1.31. The predicted molar refractivity (Wildman–Crippen MR) is 66.5 cm³/mol. The molecule has 16 heavy (non-hydrogen) atoms. The molecule has 1 aromatic heterocycles. The number of pyridine rings is 1. The van der Waals surface area contributed by atoms with Gasteiger partial charge in [-0.25, -0.2) is 0 Å². The maximum atomic E-state index is 11.0. The van der Waals surface area contributed by atoms with Gasteiger partial charge in [-0.3, -0.25) is 4.79 Å². The van der Waals surface area contributed by atoms with Gasteiger partial charge in [0, 0.05) is 24.5 Å². The Bertz CT molecular complexity index is 381. The van der Waals surface area contributed by atoms with Crippen LogP contribution in [0.2, 0.25) is 0 Å². The Balaban J connectivity index is 2.06. The first-order valence-electron chi connectivity index (χ1n) is 6.10. The van der Waals surface area contributed by atoms with E-state index in [-0.39, 0.29) is 5.43 Å². The summed E-state index contributed by atoms with van der Waals surface area (Å²) in [5, 5.41) is 0. The van der Waals surface area contributed by atoms with Crippen molar-refractivity contribution in [3.8, 4) is 0 Å². The highest BCUT2D eigenvalue weighted by molar-refractivity contribution is 4.99. The van der Waals surface area contributed by atoms with Gasteiger partial charge in [0.25, 0.3) is 0 Å². The summed E-state index contributed by atoms with van der Waals surface area (Å²) >= 11 is 0. The van der Waals surface area contributed by atoms with Gasteiger partial charge < -0.3 is 4.57 Å². The lowest BCUT2D eigenvalue weighted by atomic mass is 9.98. The first-order valence-corrected chi connectivity index (χ1v) is 6.10. The molecule has 1 aliphatic carbocycles. The quantitative estimate of drug-likeness (QED) is 0.710. The summed E-state index contributed by atoms with van der Waals surface area (Å²) in [5.41, 5.74) is 0.0694. The van der Waals surface area contributed by atoms with Crippen LogP contribution >= 0.6 is 0 Å². The normalized spacial score (nSPS) is 18.5. The van der Waals surface area contributed by atoms with Gasteiger partial charge in [0.1, 0.15) is 0 Å². The zero-order valence-electron chi connectivity index (χ0n) is 9.64. The molecular weight excluding hydrogens is 198 g/mol. The van der Waals surface area contributed by atoms with Crippen LogP contribution in [-0.2, 0) is 0 Å². The summed E-state index contributed by atoms with van der Waals surface area (Å²) in [6.07, 6.45) is 12.3. The molecule has 0 saturated heterocycles. The summed E-state index contributed by atoms with van der Waals surface area (Å²) in [6.45, 7) is 3.90. The highest BCUT2D eigenvalue weighted by Crippen LogP contribution is 2.32.